The Bertz CT molecular complexity index is 1060. The molecule has 0 aromatic heterocycles. The van der Waals surface area contributed by atoms with Gasteiger partial charge in [-0.1, -0.05) is 254 Å². The van der Waals surface area contributed by atoms with Crippen LogP contribution in [0.25, 0.3) is 0 Å². The maximum atomic E-state index is 12.5. The molecule has 0 aromatic rings. The van der Waals surface area contributed by atoms with Gasteiger partial charge in [0.25, 0.3) is 0 Å². The maximum Gasteiger partial charge on any atom is 0.222 e. The van der Waals surface area contributed by atoms with Gasteiger partial charge in [0, 0.05) is 0 Å². The first-order valence-electron chi connectivity index (χ1n) is 27.6. The van der Waals surface area contributed by atoms with Gasteiger partial charge in [0.1, 0.15) is 0 Å². The maximum absolute atomic E-state index is 12.5. The molecule has 0 saturated heterocycles. The van der Waals surface area contributed by atoms with Crippen LogP contribution in [0, 0.1) is 0 Å². The van der Waals surface area contributed by atoms with Crippen LogP contribution in [0.2, 0.25) is 0 Å². The number of rotatable bonds is 50. The summed E-state index contributed by atoms with van der Waals surface area (Å²) in [5.41, 5.74) is 0. The minimum absolute atomic E-state index is 0.00233. The molecule has 0 aliphatic carbocycles. The first kappa shape index (κ1) is 61.0. The number of hydrogen-bond donors (Lipinski definition) is 4. The fourth-order valence-corrected chi connectivity index (χ4v) is 8.29. The summed E-state index contributed by atoms with van der Waals surface area (Å²) in [5, 5.41) is 33.4. The van der Waals surface area contributed by atoms with Gasteiger partial charge in [0.2, 0.25) is 5.91 Å². The molecule has 4 N–H and O–H groups in total. The highest BCUT2D eigenvalue weighted by atomic mass is 16.3. The van der Waals surface area contributed by atoms with Gasteiger partial charge < -0.3 is 20.6 Å². The molecular formula is C58H107NO4. The van der Waals surface area contributed by atoms with Crippen molar-refractivity contribution in [3.05, 3.63) is 60.8 Å². The number of carbonyl (C=O) groups excluding carboxylic acids is 1. The molecule has 0 heterocycles. The summed E-state index contributed by atoms with van der Waals surface area (Å²) in [6, 6.07) is -0.772. The summed E-state index contributed by atoms with van der Waals surface area (Å²) < 4.78 is 0. The number of amides is 1. The number of unbranched alkanes of at least 4 members (excludes halogenated alkanes) is 33. The van der Waals surface area contributed by atoms with Crippen molar-refractivity contribution in [1.29, 1.82) is 0 Å². The molecule has 0 saturated carbocycles. The van der Waals surface area contributed by atoms with Gasteiger partial charge in [0.05, 0.1) is 31.3 Å². The summed E-state index contributed by atoms with van der Waals surface area (Å²) in [6.45, 7) is 4.22. The lowest BCUT2D eigenvalue weighted by atomic mass is 10.0. The number of aliphatic hydroxyl groups is 3. The Morgan fingerprint density at radius 3 is 1.11 bits per heavy atom. The Kier molecular flexibility index (Phi) is 51.0. The van der Waals surface area contributed by atoms with Crippen molar-refractivity contribution in [2.75, 3.05) is 6.61 Å². The van der Waals surface area contributed by atoms with Gasteiger partial charge in [-0.2, -0.15) is 0 Å². The van der Waals surface area contributed by atoms with Crippen LogP contribution in [-0.4, -0.2) is 46.1 Å². The monoisotopic (exact) mass is 882 g/mol. The highest BCUT2D eigenvalue weighted by Gasteiger charge is 2.20. The van der Waals surface area contributed by atoms with E-state index in [0.717, 1.165) is 44.9 Å². The average molecular weight is 882 g/mol. The van der Waals surface area contributed by atoms with E-state index in [1.54, 1.807) is 6.08 Å². The second kappa shape index (κ2) is 52.7. The number of allylic oxidation sites excluding steroid dienone is 9. The lowest BCUT2D eigenvalue weighted by molar-refractivity contribution is -0.124. The Morgan fingerprint density at radius 2 is 0.730 bits per heavy atom. The van der Waals surface area contributed by atoms with E-state index in [1.807, 2.05) is 6.08 Å². The van der Waals surface area contributed by atoms with E-state index in [-0.39, 0.29) is 18.9 Å². The van der Waals surface area contributed by atoms with E-state index in [4.69, 9.17) is 0 Å². The highest BCUT2D eigenvalue weighted by molar-refractivity contribution is 5.76. The van der Waals surface area contributed by atoms with Gasteiger partial charge >= 0.3 is 0 Å². The third-order valence-electron chi connectivity index (χ3n) is 12.5. The van der Waals surface area contributed by atoms with Gasteiger partial charge in [-0.25, -0.2) is 0 Å². The molecule has 3 atom stereocenters. The van der Waals surface area contributed by atoms with Crippen LogP contribution in [0.1, 0.15) is 277 Å². The smallest absolute Gasteiger partial charge is 0.222 e. The average Bonchev–Trinajstić information content (AvgIpc) is 3.28. The van der Waals surface area contributed by atoms with Crippen molar-refractivity contribution < 1.29 is 20.1 Å². The minimum atomic E-state index is -0.964. The highest BCUT2D eigenvalue weighted by Crippen LogP contribution is 2.16. The topological polar surface area (TPSA) is 89.8 Å². The lowest BCUT2D eigenvalue weighted by Crippen LogP contribution is -2.45. The van der Waals surface area contributed by atoms with Crippen LogP contribution < -0.4 is 5.32 Å². The quantitative estimate of drug-likeness (QED) is 0.0362. The molecule has 63 heavy (non-hydrogen) atoms. The zero-order valence-corrected chi connectivity index (χ0v) is 42.0. The Morgan fingerprint density at radius 1 is 0.413 bits per heavy atom. The second-order valence-corrected chi connectivity index (χ2v) is 18.8. The van der Waals surface area contributed by atoms with Gasteiger partial charge in [-0.05, 0) is 77.0 Å². The van der Waals surface area contributed by atoms with Crippen molar-refractivity contribution in [2.45, 2.75) is 295 Å². The number of aliphatic hydroxyl groups excluding tert-OH is 3. The normalized spacial score (nSPS) is 13.8. The summed E-state index contributed by atoms with van der Waals surface area (Å²) in [5.74, 6) is -0.331. The lowest BCUT2D eigenvalue weighted by Gasteiger charge is -2.21. The molecule has 0 fully saturated rings. The van der Waals surface area contributed by atoms with Crippen molar-refractivity contribution in [3.8, 4) is 0 Å². The number of hydrogen-bond acceptors (Lipinski definition) is 4. The predicted octanol–water partition coefficient (Wildman–Crippen LogP) is 17.0. The Labute approximate surface area is 392 Å². The molecule has 3 unspecified atom stereocenters. The molecule has 5 nitrogen and oxygen atoms in total. The van der Waals surface area contributed by atoms with Crippen LogP contribution in [0.5, 0.6) is 0 Å². The molecule has 0 radical (unpaired) electrons. The number of nitrogens with one attached hydrogen (secondary N) is 1. The zero-order valence-electron chi connectivity index (χ0n) is 42.0. The third-order valence-corrected chi connectivity index (χ3v) is 12.5. The van der Waals surface area contributed by atoms with Crippen LogP contribution in [0.4, 0.5) is 0 Å². The Balaban J connectivity index is 3.67. The minimum Gasteiger partial charge on any atom is -0.394 e. The van der Waals surface area contributed by atoms with Crippen LogP contribution in [0.3, 0.4) is 0 Å². The predicted molar refractivity (Wildman–Crippen MR) is 277 cm³/mol. The van der Waals surface area contributed by atoms with Crippen LogP contribution >= 0.6 is 0 Å². The number of carbonyl (C=O) groups is 1. The van der Waals surface area contributed by atoms with Gasteiger partial charge in [0.15, 0.2) is 0 Å². The first-order chi connectivity index (χ1) is 31.0. The molecule has 1 amide bonds. The van der Waals surface area contributed by atoms with E-state index >= 15 is 0 Å². The molecule has 0 bridgehead atoms. The van der Waals surface area contributed by atoms with Crippen LogP contribution in [-0.2, 0) is 4.79 Å². The largest absolute Gasteiger partial charge is 0.394 e. The molecule has 0 aromatic carbocycles. The van der Waals surface area contributed by atoms with E-state index in [2.05, 4.69) is 67.8 Å². The molecule has 0 aliphatic heterocycles. The standard InChI is InChI=1S/C58H107NO4/c1-3-5-7-9-11-13-15-17-19-21-23-25-27-28-30-31-33-35-37-39-41-43-45-47-49-51-55(61)53-58(63)59-56(54-60)57(62)52-50-48-46-44-42-40-38-36-34-32-29-26-24-22-20-18-16-14-12-10-8-6-4-2/h23,25,28,30,34,36,42,44,50,52,55-57,60-62H,3-22,24,26-27,29,31-33,35,37-41,43,45-49,51,53-54H2,1-2H3,(H,59,63)/b25-23-,30-28-,36-34+,44-42+,52-50+. The van der Waals surface area contributed by atoms with Crippen molar-refractivity contribution in [3.63, 3.8) is 0 Å². The SMILES string of the molecule is CCCCCCCCCCC/C=C\C/C=C\CCCCCCCCCCCC(O)CC(=O)NC(CO)C(O)/C=C/CC/C=C/CC/C=C/CCCCCCCCCCCCCCC. The van der Waals surface area contributed by atoms with Crippen molar-refractivity contribution in [2.24, 2.45) is 0 Å². The molecular weight excluding hydrogens is 775 g/mol. The second-order valence-electron chi connectivity index (χ2n) is 18.8. The first-order valence-corrected chi connectivity index (χ1v) is 27.6. The Hall–Kier alpha value is -1.95. The van der Waals surface area contributed by atoms with Crippen molar-refractivity contribution in [1.82, 2.24) is 5.32 Å². The fraction of sp³-hybridized carbons (Fsp3) is 0.810. The van der Waals surface area contributed by atoms with Crippen molar-refractivity contribution >= 4 is 5.91 Å². The van der Waals surface area contributed by atoms with Crippen LogP contribution in [0.15, 0.2) is 60.8 Å². The van der Waals surface area contributed by atoms with E-state index < -0.39 is 18.2 Å². The van der Waals surface area contributed by atoms with Gasteiger partial charge in [-0.15, -0.1) is 0 Å². The van der Waals surface area contributed by atoms with E-state index in [9.17, 15) is 20.1 Å². The summed E-state index contributed by atoms with van der Waals surface area (Å²) in [6.07, 6.45) is 71.1. The molecule has 368 valence electrons. The summed E-state index contributed by atoms with van der Waals surface area (Å²) in [7, 11) is 0. The van der Waals surface area contributed by atoms with E-state index in [0.29, 0.717) is 6.42 Å². The summed E-state index contributed by atoms with van der Waals surface area (Å²) >= 11 is 0. The summed E-state index contributed by atoms with van der Waals surface area (Å²) in [4.78, 5) is 12.5. The molecule has 0 spiro atoms. The third kappa shape index (κ3) is 49.3. The molecule has 5 heteroatoms. The molecule has 0 aliphatic rings. The van der Waals surface area contributed by atoms with E-state index in [1.165, 1.54) is 205 Å². The van der Waals surface area contributed by atoms with Gasteiger partial charge in [-0.3, -0.25) is 4.79 Å². The fourth-order valence-electron chi connectivity index (χ4n) is 8.29. The molecule has 0 rings (SSSR count). The zero-order chi connectivity index (χ0) is 45.8.